The molecule has 3 amide bonds. The van der Waals surface area contributed by atoms with E-state index in [4.69, 9.17) is 0 Å². The van der Waals surface area contributed by atoms with Gasteiger partial charge in [0.25, 0.3) is 5.91 Å². The molecule has 9 heteroatoms. The van der Waals surface area contributed by atoms with Crippen LogP contribution in [0.4, 0.5) is 10.1 Å². The second kappa shape index (κ2) is 11.7. The number of nitrogens with zero attached hydrogens (tertiary/aromatic N) is 2. The Kier molecular flexibility index (Phi) is 8.59. The SMILES string of the molecule is Cc1c(/C=C2\C(=O)Nc3ccc(F)cc32)[nH]c2c1CC[C@H](CNC(=O)[C@H](C)N(C)C(=O)CC(C)CN(C)C)C2. The Hall–Kier alpha value is -3.46. The summed E-state index contributed by atoms with van der Waals surface area (Å²) in [5.74, 6) is -0.328. The summed E-state index contributed by atoms with van der Waals surface area (Å²) in [7, 11) is 5.66. The first-order chi connectivity index (χ1) is 18.4. The highest BCUT2D eigenvalue weighted by molar-refractivity contribution is 6.34. The molecule has 1 aliphatic carbocycles. The van der Waals surface area contributed by atoms with Gasteiger partial charge >= 0.3 is 0 Å². The molecule has 8 nitrogen and oxygen atoms in total. The van der Waals surface area contributed by atoms with Gasteiger partial charge in [0.1, 0.15) is 11.9 Å². The number of hydrogen-bond acceptors (Lipinski definition) is 4. The van der Waals surface area contributed by atoms with Gasteiger partial charge in [0.2, 0.25) is 11.8 Å². The average Bonchev–Trinajstić information content (AvgIpc) is 3.36. The summed E-state index contributed by atoms with van der Waals surface area (Å²) < 4.78 is 13.8. The van der Waals surface area contributed by atoms with E-state index in [1.807, 2.05) is 27.9 Å². The Morgan fingerprint density at radius 3 is 2.69 bits per heavy atom. The van der Waals surface area contributed by atoms with Crippen LogP contribution in [-0.2, 0) is 27.2 Å². The molecule has 39 heavy (non-hydrogen) atoms. The van der Waals surface area contributed by atoms with Gasteiger partial charge in [-0.3, -0.25) is 14.4 Å². The van der Waals surface area contributed by atoms with E-state index < -0.39 is 6.04 Å². The van der Waals surface area contributed by atoms with Gasteiger partial charge in [-0.1, -0.05) is 6.92 Å². The smallest absolute Gasteiger partial charge is 0.256 e. The summed E-state index contributed by atoms with van der Waals surface area (Å²) in [6.45, 7) is 7.20. The van der Waals surface area contributed by atoms with Crippen molar-refractivity contribution in [1.82, 2.24) is 20.1 Å². The maximum Gasteiger partial charge on any atom is 0.256 e. The van der Waals surface area contributed by atoms with Crippen LogP contribution in [0, 0.1) is 24.6 Å². The van der Waals surface area contributed by atoms with Crippen molar-refractivity contribution in [3.63, 3.8) is 0 Å². The number of benzene rings is 1. The Bertz CT molecular complexity index is 1300. The second-order valence-electron chi connectivity index (χ2n) is 11.4. The van der Waals surface area contributed by atoms with E-state index in [0.717, 1.165) is 42.8 Å². The van der Waals surface area contributed by atoms with Crippen molar-refractivity contribution in [2.75, 3.05) is 39.5 Å². The van der Waals surface area contributed by atoms with Crippen LogP contribution in [-0.4, -0.2) is 72.8 Å². The zero-order chi connectivity index (χ0) is 28.4. The Balaban J connectivity index is 1.36. The molecule has 1 aliphatic heterocycles. The number of carbonyl (C=O) groups is 3. The normalized spacial score (nSPS) is 18.9. The number of H-pyrrole nitrogens is 1. The first kappa shape index (κ1) is 28.5. The molecule has 4 rings (SSSR count). The molecule has 210 valence electrons. The number of amides is 3. The fourth-order valence-electron chi connectivity index (χ4n) is 5.65. The third kappa shape index (κ3) is 6.41. The molecule has 0 radical (unpaired) electrons. The van der Waals surface area contributed by atoms with Gasteiger partial charge in [0, 0.05) is 49.2 Å². The van der Waals surface area contributed by atoms with Crippen molar-refractivity contribution >= 4 is 35.1 Å². The van der Waals surface area contributed by atoms with Gasteiger partial charge in [0.15, 0.2) is 0 Å². The van der Waals surface area contributed by atoms with E-state index in [9.17, 15) is 18.8 Å². The number of aromatic amines is 1. The van der Waals surface area contributed by atoms with E-state index in [-0.39, 0.29) is 35.4 Å². The average molecular weight is 538 g/mol. The molecule has 2 aliphatic rings. The van der Waals surface area contributed by atoms with Gasteiger partial charge in [-0.2, -0.15) is 0 Å². The van der Waals surface area contributed by atoms with Crippen molar-refractivity contribution < 1.29 is 18.8 Å². The summed E-state index contributed by atoms with van der Waals surface area (Å²) in [6.07, 6.45) is 4.80. The zero-order valence-electron chi connectivity index (χ0n) is 23.8. The van der Waals surface area contributed by atoms with Crippen LogP contribution in [0.3, 0.4) is 0 Å². The van der Waals surface area contributed by atoms with Crippen LogP contribution in [0.2, 0.25) is 0 Å². The summed E-state index contributed by atoms with van der Waals surface area (Å²) in [6, 6.07) is 3.75. The maximum atomic E-state index is 13.8. The third-order valence-corrected chi connectivity index (χ3v) is 7.97. The van der Waals surface area contributed by atoms with E-state index in [1.165, 1.54) is 22.6 Å². The number of anilines is 1. The summed E-state index contributed by atoms with van der Waals surface area (Å²) in [5.41, 5.74) is 5.92. The number of likely N-dealkylation sites (N-methyl/N-ethyl adjacent to an activating group) is 1. The lowest BCUT2D eigenvalue weighted by Gasteiger charge is -2.28. The predicted molar refractivity (Wildman–Crippen MR) is 152 cm³/mol. The molecule has 0 saturated heterocycles. The van der Waals surface area contributed by atoms with Crippen LogP contribution < -0.4 is 10.6 Å². The lowest BCUT2D eigenvalue weighted by molar-refractivity contribution is -0.139. The lowest BCUT2D eigenvalue weighted by Crippen LogP contribution is -2.47. The van der Waals surface area contributed by atoms with E-state index >= 15 is 0 Å². The third-order valence-electron chi connectivity index (χ3n) is 7.97. The quantitative estimate of drug-likeness (QED) is 0.426. The Morgan fingerprint density at radius 2 is 1.97 bits per heavy atom. The fraction of sp³-hybridized carbons (Fsp3) is 0.500. The topological polar surface area (TPSA) is 97.5 Å². The number of aromatic nitrogens is 1. The number of rotatable bonds is 9. The number of fused-ring (bicyclic) bond motifs is 2. The molecule has 3 atom stereocenters. The molecule has 1 aromatic carbocycles. The van der Waals surface area contributed by atoms with E-state index in [0.29, 0.717) is 29.8 Å². The van der Waals surface area contributed by atoms with E-state index in [1.54, 1.807) is 26.1 Å². The largest absolute Gasteiger partial charge is 0.358 e. The number of nitrogens with one attached hydrogen (secondary N) is 3. The lowest BCUT2D eigenvalue weighted by atomic mass is 9.86. The van der Waals surface area contributed by atoms with Gasteiger partial charge < -0.3 is 25.4 Å². The Labute approximate surface area is 230 Å². The molecule has 0 fully saturated rings. The van der Waals surface area contributed by atoms with E-state index in [2.05, 4.69) is 20.5 Å². The maximum absolute atomic E-state index is 13.8. The van der Waals surface area contributed by atoms with Gasteiger partial charge in [-0.25, -0.2) is 4.39 Å². The first-order valence-corrected chi connectivity index (χ1v) is 13.7. The highest BCUT2D eigenvalue weighted by Gasteiger charge is 2.29. The van der Waals surface area contributed by atoms with Crippen LogP contribution in [0.1, 0.15) is 54.8 Å². The standard InChI is InChI=1S/C30H40FN5O3/c1-17(16-35(4)5)11-28(37)36(6)19(3)29(38)32-15-20-7-9-22-18(2)26(33-27(22)12-20)14-24-23-13-21(31)8-10-25(23)34-30(24)39/h8,10,13-14,17,19-20,33H,7,9,11-12,15-16H2,1-6H3,(H,32,38)(H,34,39)/b24-14-/t17?,19-,20-/m0/s1. The van der Waals surface area contributed by atoms with Crippen molar-refractivity contribution in [2.24, 2.45) is 11.8 Å². The number of carbonyl (C=O) groups excluding carboxylic acids is 3. The minimum atomic E-state index is -0.542. The molecule has 0 bridgehead atoms. The van der Waals surface area contributed by atoms with Crippen LogP contribution in [0.15, 0.2) is 18.2 Å². The summed E-state index contributed by atoms with van der Waals surface area (Å²) >= 11 is 0. The van der Waals surface area contributed by atoms with Crippen LogP contribution >= 0.6 is 0 Å². The van der Waals surface area contributed by atoms with Crippen LogP contribution in [0.25, 0.3) is 11.6 Å². The van der Waals surface area contributed by atoms with Gasteiger partial charge in [-0.15, -0.1) is 0 Å². The minimum Gasteiger partial charge on any atom is -0.358 e. The fourth-order valence-corrected chi connectivity index (χ4v) is 5.65. The molecule has 1 aromatic heterocycles. The molecular weight excluding hydrogens is 497 g/mol. The summed E-state index contributed by atoms with van der Waals surface area (Å²) in [5, 5.41) is 5.85. The Morgan fingerprint density at radius 1 is 1.23 bits per heavy atom. The molecule has 3 N–H and O–H groups in total. The molecule has 0 spiro atoms. The number of hydrogen-bond donors (Lipinski definition) is 3. The highest BCUT2D eigenvalue weighted by atomic mass is 19.1. The second-order valence-corrected chi connectivity index (χ2v) is 11.4. The zero-order valence-corrected chi connectivity index (χ0v) is 23.8. The van der Waals surface area contributed by atoms with Crippen molar-refractivity contribution in [3.05, 3.63) is 52.1 Å². The summed E-state index contributed by atoms with van der Waals surface area (Å²) in [4.78, 5) is 45.2. The molecule has 0 saturated carbocycles. The minimum absolute atomic E-state index is 0.0286. The number of halogens is 1. The van der Waals surface area contributed by atoms with Crippen molar-refractivity contribution in [1.29, 1.82) is 0 Å². The van der Waals surface area contributed by atoms with Gasteiger partial charge in [0.05, 0.1) is 5.57 Å². The van der Waals surface area contributed by atoms with Crippen molar-refractivity contribution in [2.45, 2.75) is 52.5 Å². The molecular formula is C30H40FN5O3. The predicted octanol–water partition coefficient (Wildman–Crippen LogP) is 3.61. The molecule has 2 heterocycles. The molecule has 1 unspecified atom stereocenters. The van der Waals surface area contributed by atoms with Crippen molar-refractivity contribution in [3.8, 4) is 0 Å². The first-order valence-electron chi connectivity index (χ1n) is 13.7. The van der Waals surface area contributed by atoms with Gasteiger partial charge in [-0.05, 0) is 94.4 Å². The highest BCUT2D eigenvalue weighted by Crippen LogP contribution is 2.36. The monoisotopic (exact) mass is 537 g/mol. The molecule has 2 aromatic rings. The van der Waals surface area contributed by atoms with Crippen LogP contribution in [0.5, 0.6) is 0 Å².